The molecule has 10 nitrogen and oxygen atoms in total. The van der Waals surface area contributed by atoms with Crippen molar-refractivity contribution in [3.8, 4) is 22.8 Å². The first-order valence-corrected chi connectivity index (χ1v) is 10.4. The smallest absolute Gasteiger partial charge is 0.231 e. The summed E-state index contributed by atoms with van der Waals surface area (Å²) in [5.41, 5.74) is 4.11. The zero-order valence-electron chi connectivity index (χ0n) is 17.4. The van der Waals surface area contributed by atoms with Gasteiger partial charge in [-0.15, -0.1) is 0 Å². The summed E-state index contributed by atoms with van der Waals surface area (Å²) in [5.74, 6) is 0.311. The number of likely N-dealkylation sites (tertiary alicyclic amines) is 1. The van der Waals surface area contributed by atoms with Gasteiger partial charge in [0.25, 0.3) is 0 Å². The highest BCUT2D eigenvalue weighted by Gasteiger charge is 2.31. The van der Waals surface area contributed by atoms with E-state index in [1.807, 2.05) is 31.3 Å². The zero-order valence-corrected chi connectivity index (χ0v) is 18.2. The molecule has 1 amide bonds. The van der Waals surface area contributed by atoms with Crippen molar-refractivity contribution < 1.29 is 4.79 Å². The van der Waals surface area contributed by atoms with Crippen LogP contribution in [0.1, 0.15) is 18.0 Å². The normalized spacial score (nSPS) is 16.0. The Morgan fingerprint density at radius 2 is 1.91 bits per heavy atom. The Hall–Kier alpha value is -3.79. The van der Waals surface area contributed by atoms with Crippen LogP contribution in [0.4, 0.5) is 11.6 Å². The third-order valence-corrected chi connectivity index (χ3v) is 5.89. The number of amides is 1. The van der Waals surface area contributed by atoms with Gasteiger partial charge in [0.15, 0.2) is 0 Å². The number of pyridine rings is 1. The molecule has 0 radical (unpaired) electrons. The van der Waals surface area contributed by atoms with Gasteiger partial charge < -0.3 is 10.2 Å². The Morgan fingerprint density at radius 3 is 2.62 bits per heavy atom. The minimum Gasteiger partial charge on any atom is -0.345 e. The Balaban J connectivity index is 1.40. The molecule has 5 heterocycles. The lowest BCUT2D eigenvalue weighted by Crippen LogP contribution is -2.21. The number of hydrogen-bond donors (Lipinski definition) is 2. The third kappa shape index (κ3) is 3.69. The molecule has 0 aromatic carbocycles. The van der Waals surface area contributed by atoms with Gasteiger partial charge in [-0.2, -0.15) is 10.2 Å². The van der Waals surface area contributed by atoms with Gasteiger partial charge in [0.1, 0.15) is 10.8 Å². The number of aromatic amines is 1. The number of nitrogens with zero attached hydrogens (tertiary/aromatic N) is 7. The van der Waals surface area contributed by atoms with Gasteiger partial charge in [0, 0.05) is 32.5 Å². The largest absolute Gasteiger partial charge is 0.345 e. The van der Waals surface area contributed by atoms with Crippen molar-refractivity contribution in [1.29, 1.82) is 0 Å². The number of anilines is 2. The van der Waals surface area contributed by atoms with Crippen molar-refractivity contribution in [3.63, 3.8) is 0 Å². The van der Waals surface area contributed by atoms with Gasteiger partial charge in [-0.25, -0.2) is 15.0 Å². The SMILES string of the molecule is CN1CC[C@@H](c2cc(-c3cccc(-c4ccnc(Nc5cnn(C)c5Cl)n4)n3)n[nH]2)C1=O. The van der Waals surface area contributed by atoms with Crippen molar-refractivity contribution in [2.75, 3.05) is 18.9 Å². The summed E-state index contributed by atoms with van der Waals surface area (Å²) in [4.78, 5) is 27.6. The summed E-state index contributed by atoms with van der Waals surface area (Å²) >= 11 is 6.21. The average molecular weight is 450 g/mol. The molecule has 11 heteroatoms. The van der Waals surface area contributed by atoms with E-state index in [4.69, 9.17) is 16.6 Å². The molecule has 4 aromatic rings. The van der Waals surface area contributed by atoms with Crippen LogP contribution in [0.2, 0.25) is 5.15 Å². The number of halogens is 1. The fraction of sp³-hybridized carbons (Fsp3) is 0.238. The Labute approximate surface area is 188 Å². The lowest BCUT2D eigenvalue weighted by Gasteiger charge is -2.08. The summed E-state index contributed by atoms with van der Waals surface area (Å²) in [6.45, 7) is 0.750. The zero-order chi connectivity index (χ0) is 22.2. The number of hydrogen-bond acceptors (Lipinski definition) is 7. The number of aromatic nitrogens is 7. The predicted octanol–water partition coefficient (Wildman–Crippen LogP) is 3.00. The maximum Gasteiger partial charge on any atom is 0.231 e. The highest BCUT2D eigenvalue weighted by Crippen LogP contribution is 2.29. The van der Waals surface area contributed by atoms with Gasteiger partial charge in [-0.3, -0.25) is 14.6 Å². The first kappa shape index (κ1) is 20.1. The number of aryl methyl sites for hydroxylation is 1. The number of nitrogens with one attached hydrogen (secondary N) is 2. The molecule has 0 bridgehead atoms. The third-order valence-electron chi connectivity index (χ3n) is 5.44. The maximum atomic E-state index is 12.3. The van der Waals surface area contributed by atoms with Crippen molar-refractivity contribution in [2.45, 2.75) is 12.3 Å². The van der Waals surface area contributed by atoms with Crippen molar-refractivity contribution in [1.82, 2.24) is 39.8 Å². The van der Waals surface area contributed by atoms with Crippen LogP contribution in [-0.2, 0) is 11.8 Å². The second-order valence-corrected chi connectivity index (χ2v) is 7.94. The van der Waals surface area contributed by atoms with Crippen LogP contribution in [0.5, 0.6) is 0 Å². The Kier molecular flexibility index (Phi) is 5.06. The number of rotatable bonds is 5. The lowest BCUT2D eigenvalue weighted by molar-refractivity contribution is -0.127. The van der Waals surface area contributed by atoms with Gasteiger partial charge in [-0.1, -0.05) is 17.7 Å². The molecule has 4 aromatic heterocycles. The van der Waals surface area contributed by atoms with Gasteiger partial charge in [-0.05, 0) is 30.7 Å². The van der Waals surface area contributed by atoms with E-state index in [1.54, 1.807) is 35.1 Å². The van der Waals surface area contributed by atoms with E-state index >= 15 is 0 Å². The first-order valence-electron chi connectivity index (χ1n) is 10.1. The number of carbonyl (C=O) groups excluding carboxylic acids is 1. The summed E-state index contributed by atoms with van der Waals surface area (Å²) < 4.78 is 1.55. The molecule has 1 fully saturated rings. The Morgan fingerprint density at radius 1 is 1.12 bits per heavy atom. The highest BCUT2D eigenvalue weighted by molar-refractivity contribution is 6.32. The standard InChI is InChI=1S/C21H20ClN9O/c1-30-9-7-12(20(30)32)16-10-17(29-28-16)14-5-3-4-13(25-14)15-6-8-23-21(26-15)27-18-11-24-31(2)19(18)22/h3-6,8,10-12H,7,9H2,1-2H3,(H,28,29)(H,23,26,27)/t12-/m0/s1. The predicted molar refractivity (Wildman–Crippen MR) is 119 cm³/mol. The fourth-order valence-electron chi connectivity index (χ4n) is 3.67. The minimum absolute atomic E-state index is 0.108. The van der Waals surface area contributed by atoms with Crippen molar-refractivity contribution >= 4 is 29.1 Å². The molecular formula is C21H20ClN9O. The first-order chi connectivity index (χ1) is 15.5. The van der Waals surface area contributed by atoms with Crippen LogP contribution in [0.15, 0.2) is 42.7 Å². The molecule has 32 heavy (non-hydrogen) atoms. The topological polar surface area (TPSA) is 118 Å². The van der Waals surface area contributed by atoms with E-state index in [2.05, 4.69) is 30.6 Å². The van der Waals surface area contributed by atoms with Crippen LogP contribution < -0.4 is 5.32 Å². The molecule has 1 atom stereocenters. The number of carbonyl (C=O) groups is 1. The molecule has 5 rings (SSSR count). The van der Waals surface area contributed by atoms with Gasteiger partial charge in [0.2, 0.25) is 11.9 Å². The monoisotopic (exact) mass is 449 g/mol. The summed E-state index contributed by atoms with van der Waals surface area (Å²) in [5, 5.41) is 15.0. The molecule has 0 saturated carbocycles. The minimum atomic E-state index is -0.181. The molecule has 1 aliphatic rings. The second kappa shape index (κ2) is 8.04. The van der Waals surface area contributed by atoms with E-state index < -0.39 is 0 Å². The van der Waals surface area contributed by atoms with E-state index in [-0.39, 0.29) is 11.8 Å². The average Bonchev–Trinajstić information content (AvgIpc) is 3.51. The van der Waals surface area contributed by atoms with Crippen LogP contribution in [-0.4, -0.2) is 59.3 Å². The Bertz CT molecular complexity index is 1300. The van der Waals surface area contributed by atoms with Crippen molar-refractivity contribution in [3.05, 3.63) is 53.6 Å². The van der Waals surface area contributed by atoms with E-state index in [0.717, 1.165) is 18.7 Å². The van der Waals surface area contributed by atoms with E-state index in [9.17, 15) is 4.79 Å². The fourth-order valence-corrected chi connectivity index (χ4v) is 3.81. The molecule has 162 valence electrons. The van der Waals surface area contributed by atoms with Crippen LogP contribution in [0.3, 0.4) is 0 Å². The van der Waals surface area contributed by atoms with Crippen molar-refractivity contribution in [2.24, 2.45) is 7.05 Å². The molecule has 1 saturated heterocycles. The molecular weight excluding hydrogens is 430 g/mol. The second-order valence-electron chi connectivity index (χ2n) is 7.58. The van der Waals surface area contributed by atoms with Crippen LogP contribution in [0.25, 0.3) is 22.8 Å². The van der Waals surface area contributed by atoms with Crippen LogP contribution in [0, 0.1) is 0 Å². The highest BCUT2D eigenvalue weighted by atomic mass is 35.5. The maximum absolute atomic E-state index is 12.3. The summed E-state index contributed by atoms with van der Waals surface area (Å²) in [6.07, 6.45) is 4.04. The number of H-pyrrole nitrogens is 1. The lowest BCUT2D eigenvalue weighted by atomic mass is 10.0. The number of likely N-dealkylation sites (N-methyl/N-ethyl adjacent to an activating group) is 1. The van der Waals surface area contributed by atoms with E-state index in [1.165, 1.54) is 0 Å². The molecule has 1 aliphatic heterocycles. The molecule has 0 unspecified atom stereocenters. The van der Waals surface area contributed by atoms with Gasteiger partial charge >= 0.3 is 0 Å². The molecule has 0 aliphatic carbocycles. The van der Waals surface area contributed by atoms with Gasteiger partial charge in [0.05, 0.1) is 34.9 Å². The molecule has 2 N–H and O–H groups in total. The quantitative estimate of drug-likeness (QED) is 0.480. The summed E-state index contributed by atoms with van der Waals surface area (Å²) in [6, 6.07) is 9.32. The van der Waals surface area contributed by atoms with Crippen LogP contribution >= 0.6 is 11.6 Å². The van der Waals surface area contributed by atoms with E-state index in [0.29, 0.717) is 39.6 Å². The molecule has 0 spiro atoms. The summed E-state index contributed by atoms with van der Waals surface area (Å²) in [7, 11) is 3.57.